The van der Waals surface area contributed by atoms with Crippen molar-refractivity contribution in [1.29, 1.82) is 0 Å². The molecule has 0 aliphatic carbocycles. The van der Waals surface area contributed by atoms with Gasteiger partial charge in [0.2, 0.25) is 0 Å². The molecule has 304 valence electrons. The lowest BCUT2D eigenvalue weighted by Gasteiger charge is -2.49. The number of cyclic esters (lactones) is 1. The van der Waals surface area contributed by atoms with E-state index >= 15 is 0 Å². The summed E-state index contributed by atoms with van der Waals surface area (Å²) in [7, 11) is 5.09. The number of hydrogen-bond donors (Lipinski definition) is 6. The van der Waals surface area contributed by atoms with Crippen LogP contribution >= 0.6 is 0 Å². The Balaban J connectivity index is 2.22. The fraction of sp³-hybridized carbons (Fsp3) is 0.946. The number of Topliss-reactive ketones (excluding diaryl/α,β-unsaturated/α-hetero) is 1. The van der Waals surface area contributed by atoms with Crippen LogP contribution in [-0.4, -0.2) is 158 Å². The summed E-state index contributed by atoms with van der Waals surface area (Å²) in [5, 5.41) is 69.4. The van der Waals surface area contributed by atoms with E-state index in [4.69, 9.17) is 28.4 Å². The summed E-state index contributed by atoms with van der Waals surface area (Å²) >= 11 is 0. The molecule has 52 heavy (non-hydrogen) atoms. The first-order chi connectivity index (χ1) is 23.7. The van der Waals surface area contributed by atoms with E-state index < -0.39 is 114 Å². The van der Waals surface area contributed by atoms with E-state index in [2.05, 4.69) is 0 Å². The van der Waals surface area contributed by atoms with Gasteiger partial charge >= 0.3 is 5.97 Å². The SMILES string of the molecule is CCC1OC(=O)[C@H](C)C(O[C@H]2C[C@@](C)(OC)[C@@H](O)[C@H](C)O2)[C@H](C)[C@@H](O[C@@H]2O[C@H](C)C[C@H](N(C)C)[C@H]2O)[C@](C)(O)C[C@@](C)(O)C(=O)[C@H](C)[C@@H](O)[C@]1(C)O. The van der Waals surface area contributed by atoms with Gasteiger partial charge in [0.15, 0.2) is 18.4 Å². The fourth-order valence-corrected chi connectivity index (χ4v) is 8.49. The number of aliphatic hydroxyl groups excluding tert-OH is 3. The van der Waals surface area contributed by atoms with Crippen molar-refractivity contribution in [3.8, 4) is 0 Å². The lowest BCUT2D eigenvalue weighted by atomic mass is 9.72. The lowest BCUT2D eigenvalue weighted by Crippen LogP contribution is -2.63. The zero-order chi connectivity index (χ0) is 39.9. The predicted molar refractivity (Wildman–Crippen MR) is 188 cm³/mol. The number of nitrogens with zero attached hydrogens (tertiary/aromatic N) is 1. The highest BCUT2D eigenvalue weighted by atomic mass is 16.7. The van der Waals surface area contributed by atoms with Crippen LogP contribution in [0.25, 0.3) is 0 Å². The topological polar surface area (TPSA) is 214 Å². The Hall–Kier alpha value is -1.34. The van der Waals surface area contributed by atoms with Gasteiger partial charge in [0.25, 0.3) is 0 Å². The molecule has 2 unspecified atom stereocenters. The standard InChI is InChI=1S/C37H67NO14/c1-14-24-37(10,46)29(41)21(5)28(40)34(7,44)17-35(8,45)31(52-33-26(39)23(38(11)12)15-18(2)48-33)19(3)27(20(4)32(43)50-24)51-25-16-36(9,47-13)30(42)22(6)49-25/h18-27,29-31,33,39,41-42,44-46H,14-17H2,1-13H3/t18-,19+,20-,21+,22+,23+,24?,25+,26-,27?,29-,30+,31-,33+,34-,35-,36-,37-/m1/s1. The van der Waals surface area contributed by atoms with Gasteiger partial charge in [-0.1, -0.05) is 20.8 Å². The lowest BCUT2D eigenvalue weighted by molar-refractivity contribution is -0.319. The van der Waals surface area contributed by atoms with Gasteiger partial charge in [-0.2, -0.15) is 0 Å². The first-order valence-electron chi connectivity index (χ1n) is 18.5. The molecular weight excluding hydrogens is 682 g/mol. The third kappa shape index (κ3) is 9.36. The second-order valence-corrected chi connectivity index (χ2v) is 16.8. The average molecular weight is 750 g/mol. The molecule has 0 amide bonds. The number of carbonyl (C=O) groups is 2. The molecule has 0 aromatic carbocycles. The Labute approximate surface area is 308 Å². The van der Waals surface area contributed by atoms with Crippen molar-refractivity contribution in [1.82, 2.24) is 4.90 Å². The Morgan fingerprint density at radius 2 is 1.48 bits per heavy atom. The quantitative estimate of drug-likeness (QED) is 0.200. The van der Waals surface area contributed by atoms with Crippen LogP contribution in [0.1, 0.15) is 94.9 Å². The second kappa shape index (κ2) is 16.8. The molecule has 0 aromatic heterocycles. The molecule has 0 spiro atoms. The first-order valence-corrected chi connectivity index (χ1v) is 18.5. The van der Waals surface area contributed by atoms with Crippen LogP contribution in [0.5, 0.6) is 0 Å². The van der Waals surface area contributed by atoms with Gasteiger partial charge in [-0.25, -0.2) is 0 Å². The molecule has 6 N–H and O–H groups in total. The van der Waals surface area contributed by atoms with Gasteiger partial charge < -0.3 is 64.0 Å². The maximum atomic E-state index is 14.1. The molecule has 3 aliphatic rings. The summed E-state index contributed by atoms with van der Waals surface area (Å²) in [4.78, 5) is 29.8. The van der Waals surface area contributed by atoms with Crippen LogP contribution in [-0.2, 0) is 38.0 Å². The second-order valence-electron chi connectivity index (χ2n) is 16.8. The minimum atomic E-state index is -2.27. The Morgan fingerprint density at radius 1 is 0.885 bits per heavy atom. The van der Waals surface area contributed by atoms with Crippen LogP contribution < -0.4 is 0 Å². The van der Waals surface area contributed by atoms with Gasteiger partial charge in [0.1, 0.15) is 29.5 Å². The fourth-order valence-electron chi connectivity index (χ4n) is 8.49. The summed E-state index contributed by atoms with van der Waals surface area (Å²) in [5.74, 6) is -5.15. The predicted octanol–water partition coefficient (Wildman–Crippen LogP) is 0.901. The number of aliphatic hydroxyl groups is 6. The largest absolute Gasteiger partial charge is 0.459 e. The van der Waals surface area contributed by atoms with Gasteiger partial charge in [0.05, 0.1) is 47.6 Å². The summed E-state index contributed by atoms with van der Waals surface area (Å²) in [6.07, 6.45) is -11.2. The molecule has 0 aromatic rings. The van der Waals surface area contributed by atoms with Crippen molar-refractivity contribution < 1.29 is 68.6 Å². The number of hydrogen-bond acceptors (Lipinski definition) is 15. The molecule has 3 aliphatic heterocycles. The summed E-state index contributed by atoms with van der Waals surface area (Å²) in [6, 6.07) is -0.380. The van der Waals surface area contributed by atoms with Crippen LogP contribution in [0.2, 0.25) is 0 Å². The number of methoxy groups -OCH3 is 1. The van der Waals surface area contributed by atoms with Crippen molar-refractivity contribution in [3.05, 3.63) is 0 Å². The van der Waals surface area contributed by atoms with Crippen molar-refractivity contribution in [3.63, 3.8) is 0 Å². The van der Waals surface area contributed by atoms with E-state index in [0.717, 1.165) is 0 Å². The first kappa shape index (κ1) is 45.1. The normalized spacial score (nSPS) is 50.5. The van der Waals surface area contributed by atoms with Crippen LogP contribution in [0.3, 0.4) is 0 Å². The Morgan fingerprint density at radius 3 is 2.02 bits per heavy atom. The highest BCUT2D eigenvalue weighted by molar-refractivity contribution is 5.89. The monoisotopic (exact) mass is 749 g/mol. The van der Waals surface area contributed by atoms with Crippen molar-refractivity contribution in [2.45, 2.75) is 185 Å². The Bertz CT molecular complexity index is 1210. The minimum absolute atomic E-state index is 0.0496. The zero-order valence-electron chi connectivity index (χ0n) is 33.3. The molecule has 15 heteroatoms. The van der Waals surface area contributed by atoms with Gasteiger partial charge in [0, 0.05) is 37.8 Å². The van der Waals surface area contributed by atoms with Crippen LogP contribution in [0.4, 0.5) is 0 Å². The van der Waals surface area contributed by atoms with Crippen molar-refractivity contribution in [2.24, 2.45) is 17.8 Å². The molecule has 0 bridgehead atoms. The van der Waals surface area contributed by atoms with E-state index in [1.54, 1.807) is 34.6 Å². The van der Waals surface area contributed by atoms with Crippen LogP contribution in [0, 0.1) is 17.8 Å². The van der Waals surface area contributed by atoms with E-state index in [0.29, 0.717) is 6.42 Å². The minimum Gasteiger partial charge on any atom is -0.459 e. The molecule has 15 nitrogen and oxygen atoms in total. The molecule has 0 radical (unpaired) electrons. The molecule has 18 atom stereocenters. The van der Waals surface area contributed by atoms with Crippen molar-refractivity contribution >= 4 is 11.8 Å². The number of esters is 1. The summed E-state index contributed by atoms with van der Waals surface area (Å²) < 4.78 is 36.8. The number of carbonyl (C=O) groups excluding carboxylic acids is 2. The average Bonchev–Trinajstić information content (AvgIpc) is 3.05. The number of ketones is 1. The van der Waals surface area contributed by atoms with Gasteiger partial charge in [-0.3, -0.25) is 9.59 Å². The molecule has 3 saturated heterocycles. The molecular formula is C37H67NO14. The zero-order valence-corrected chi connectivity index (χ0v) is 33.3. The van der Waals surface area contributed by atoms with Gasteiger partial charge in [-0.05, 0) is 75.4 Å². The highest BCUT2D eigenvalue weighted by Gasteiger charge is 2.55. The number of ether oxygens (including phenoxy) is 6. The molecule has 3 rings (SSSR count). The number of rotatable bonds is 7. The van der Waals surface area contributed by atoms with E-state index in [9.17, 15) is 40.2 Å². The third-order valence-corrected chi connectivity index (χ3v) is 11.8. The maximum Gasteiger partial charge on any atom is 0.311 e. The molecule has 0 saturated carbocycles. The molecule has 3 fully saturated rings. The third-order valence-electron chi connectivity index (χ3n) is 11.8. The molecule has 3 heterocycles. The van der Waals surface area contributed by atoms with Crippen LogP contribution in [0.15, 0.2) is 0 Å². The van der Waals surface area contributed by atoms with Crippen molar-refractivity contribution in [2.75, 3.05) is 21.2 Å². The van der Waals surface area contributed by atoms with Gasteiger partial charge in [-0.15, -0.1) is 0 Å². The van der Waals surface area contributed by atoms with E-state index in [1.807, 2.05) is 25.9 Å². The highest BCUT2D eigenvalue weighted by Crippen LogP contribution is 2.41. The maximum absolute atomic E-state index is 14.1. The van der Waals surface area contributed by atoms with E-state index in [-0.39, 0.29) is 25.0 Å². The summed E-state index contributed by atoms with van der Waals surface area (Å²) in [6.45, 7) is 15.3. The summed E-state index contributed by atoms with van der Waals surface area (Å²) in [5.41, 5.74) is -7.56. The number of likely N-dealkylation sites (N-methyl/N-ethyl adjacent to an activating group) is 1. The smallest absolute Gasteiger partial charge is 0.311 e. The Kier molecular flexibility index (Phi) is 14.6. The van der Waals surface area contributed by atoms with E-state index in [1.165, 1.54) is 34.8 Å².